The van der Waals surface area contributed by atoms with E-state index in [4.69, 9.17) is 4.99 Å². The Bertz CT molecular complexity index is 630. The molecular formula is C21H35N3OS. The fourth-order valence-electron chi connectivity index (χ4n) is 3.68. The highest BCUT2D eigenvalue weighted by Gasteiger charge is 2.25. The maximum Gasteiger partial charge on any atom is 0.191 e. The minimum absolute atomic E-state index is 0.337. The monoisotopic (exact) mass is 377 g/mol. The molecule has 0 heterocycles. The molecule has 1 aliphatic carbocycles. The van der Waals surface area contributed by atoms with Crippen LogP contribution in [0.5, 0.6) is 0 Å². The minimum Gasteiger partial charge on any atom is -0.357 e. The van der Waals surface area contributed by atoms with Crippen molar-refractivity contribution < 1.29 is 4.21 Å². The van der Waals surface area contributed by atoms with E-state index >= 15 is 0 Å². The molecule has 26 heavy (non-hydrogen) atoms. The van der Waals surface area contributed by atoms with Crippen LogP contribution in [0.15, 0.2) is 23.2 Å². The second kappa shape index (κ2) is 10.7. The predicted molar refractivity (Wildman–Crippen MR) is 113 cm³/mol. The third kappa shape index (κ3) is 6.42. The van der Waals surface area contributed by atoms with Crippen LogP contribution in [0.3, 0.4) is 0 Å². The van der Waals surface area contributed by atoms with Gasteiger partial charge < -0.3 is 10.6 Å². The van der Waals surface area contributed by atoms with Crippen LogP contribution in [-0.4, -0.2) is 40.3 Å². The summed E-state index contributed by atoms with van der Waals surface area (Å²) in [6, 6.07) is 7.00. The van der Waals surface area contributed by atoms with Gasteiger partial charge >= 0.3 is 0 Å². The normalized spacial score (nSPS) is 22.1. The lowest BCUT2D eigenvalue weighted by Gasteiger charge is -2.30. The second-order valence-electron chi connectivity index (χ2n) is 7.24. The maximum absolute atomic E-state index is 12.1. The van der Waals surface area contributed by atoms with Gasteiger partial charge in [-0.3, -0.25) is 9.20 Å². The van der Waals surface area contributed by atoms with Gasteiger partial charge in [0.15, 0.2) is 5.96 Å². The van der Waals surface area contributed by atoms with E-state index in [1.165, 1.54) is 16.7 Å². The number of nitrogens with one attached hydrogen (secondary N) is 2. The molecule has 1 fully saturated rings. The van der Waals surface area contributed by atoms with Gasteiger partial charge in [0.1, 0.15) is 0 Å². The molecule has 1 aromatic rings. The molecule has 0 radical (unpaired) electrons. The van der Waals surface area contributed by atoms with Gasteiger partial charge in [0.05, 0.1) is 0 Å². The first kappa shape index (κ1) is 20.9. The van der Waals surface area contributed by atoms with E-state index in [-0.39, 0.29) is 0 Å². The van der Waals surface area contributed by atoms with E-state index in [2.05, 4.69) is 49.6 Å². The molecule has 0 saturated heterocycles. The molecule has 4 nitrogen and oxygen atoms in total. The lowest BCUT2D eigenvalue weighted by Crippen LogP contribution is -2.46. The Morgan fingerprint density at radius 2 is 2.08 bits per heavy atom. The molecule has 2 N–H and O–H groups in total. The van der Waals surface area contributed by atoms with Crippen molar-refractivity contribution in [3.8, 4) is 0 Å². The van der Waals surface area contributed by atoms with Crippen molar-refractivity contribution in [1.82, 2.24) is 10.6 Å². The Balaban J connectivity index is 1.92. The molecule has 1 aliphatic rings. The SMILES string of the molecule is CCNC(=NCCc1ccc(C)cc1C)NC1CCCC(S(=O)CC)C1. The van der Waals surface area contributed by atoms with Crippen LogP contribution in [0.4, 0.5) is 0 Å². The zero-order valence-corrected chi connectivity index (χ0v) is 17.6. The molecule has 3 unspecified atom stereocenters. The van der Waals surface area contributed by atoms with Crippen molar-refractivity contribution in [3.63, 3.8) is 0 Å². The van der Waals surface area contributed by atoms with Gasteiger partial charge in [0, 0.05) is 40.9 Å². The summed E-state index contributed by atoms with van der Waals surface area (Å²) in [7, 11) is -0.688. The van der Waals surface area contributed by atoms with Crippen LogP contribution >= 0.6 is 0 Å². The number of benzene rings is 1. The van der Waals surface area contributed by atoms with Crippen molar-refractivity contribution in [2.75, 3.05) is 18.8 Å². The van der Waals surface area contributed by atoms with Crippen LogP contribution in [0, 0.1) is 13.8 Å². The quantitative estimate of drug-likeness (QED) is 0.565. The molecule has 3 atom stereocenters. The standard InChI is InChI=1S/C21H35N3OS/c1-5-22-21(23-13-12-18-11-10-16(3)14-17(18)4)24-19-8-7-9-20(15-19)26(25)6-2/h10-11,14,19-20H,5-9,12-13,15H2,1-4H3,(H2,22,23,24). The topological polar surface area (TPSA) is 53.5 Å². The number of guanidine groups is 1. The molecule has 0 aromatic heterocycles. The fraction of sp³-hybridized carbons (Fsp3) is 0.667. The average Bonchev–Trinajstić information content (AvgIpc) is 2.63. The van der Waals surface area contributed by atoms with E-state index in [0.717, 1.165) is 56.9 Å². The van der Waals surface area contributed by atoms with Crippen molar-refractivity contribution in [2.45, 2.75) is 71.1 Å². The van der Waals surface area contributed by atoms with Crippen LogP contribution in [-0.2, 0) is 17.2 Å². The molecule has 1 aromatic carbocycles. The average molecular weight is 378 g/mol. The molecule has 0 bridgehead atoms. The highest BCUT2D eigenvalue weighted by Crippen LogP contribution is 2.23. The summed E-state index contributed by atoms with van der Waals surface area (Å²) in [4.78, 5) is 4.78. The Labute approximate surface area is 161 Å². The van der Waals surface area contributed by atoms with Gasteiger partial charge in [-0.15, -0.1) is 0 Å². The zero-order valence-electron chi connectivity index (χ0n) is 16.8. The first-order chi connectivity index (χ1) is 12.5. The Hall–Kier alpha value is -1.36. The predicted octanol–water partition coefficient (Wildman–Crippen LogP) is 3.48. The first-order valence-corrected chi connectivity index (χ1v) is 11.4. The fourth-order valence-corrected chi connectivity index (χ4v) is 5.03. The Morgan fingerprint density at radius 3 is 2.77 bits per heavy atom. The van der Waals surface area contributed by atoms with Gasteiger partial charge in [-0.1, -0.05) is 37.1 Å². The summed E-state index contributed by atoms with van der Waals surface area (Å²) in [6.45, 7) is 10.0. The number of nitrogens with zero attached hydrogens (tertiary/aromatic N) is 1. The van der Waals surface area contributed by atoms with Crippen molar-refractivity contribution in [3.05, 3.63) is 34.9 Å². The van der Waals surface area contributed by atoms with Gasteiger partial charge in [-0.05, 0) is 57.6 Å². The zero-order chi connectivity index (χ0) is 18.9. The smallest absolute Gasteiger partial charge is 0.191 e. The first-order valence-electron chi connectivity index (χ1n) is 10.0. The lowest BCUT2D eigenvalue weighted by atomic mass is 9.95. The third-order valence-electron chi connectivity index (χ3n) is 5.12. The number of aryl methyl sites for hydroxylation is 2. The van der Waals surface area contributed by atoms with Crippen LogP contribution in [0.1, 0.15) is 56.2 Å². The summed E-state index contributed by atoms with van der Waals surface area (Å²) in [6.07, 6.45) is 5.33. The maximum atomic E-state index is 12.1. The van der Waals surface area contributed by atoms with E-state index in [1.807, 2.05) is 6.92 Å². The summed E-state index contributed by atoms with van der Waals surface area (Å²) in [5, 5.41) is 7.28. The number of rotatable bonds is 7. The molecule has 146 valence electrons. The number of hydrogen-bond acceptors (Lipinski definition) is 2. The van der Waals surface area contributed by atoms with Crippen LogP contribution in [0.25, 0.3) is 0 Å². The number of hydrogen-bond donors (Lipinski definition) is 2. The largest absolute Gasteiger partial charge is 0.357 e. The highest BCUT2D eigenvalue weighted by molar-refractivity contribution is 7.85. The number of aliphatic imine (C=N–C) groups is 1. The van der Waals surface area contributed by atoms with E-state index in [1.54, 1.807) is 0 Å². The van der Waals surface area contributed by atoms with Gasteiger partial charge in [0.25, 0.3) is 0 Å². The van der Waals surface area contributed by atoms with E-state index < -0.39 is 10.8 Å². The highest BCUT2D eigenvalue weighted by atomic mass is 32.2. The molecule has 1 saturated carbocycles. The third-order valence-corrected chi connectivity index (χ3v) is 6.86. The molecule has 5 heteroatoms. The molecule has 0 amide bonds. The summed E-state index contributed by atoms with van der Waals surface area (Å²) in [5.74, 6) is 1.66. The Kier molecular flexibility index (Phi) is 8.63. The lowest BCUT2D eigenvalue weighted by molar-refractivity contribution is 0.413. The summed E-state index contributed by atoms with van der Waals surface area (Å²) < 4.78 is 12.1. The van der Waals surface area contributed by atoms with Crippen LogP contribution < -0.4 is 10.6 Å². The van der Waals surface area contributed by atoms with Crippen molar-refractivity contribution >= 4 is 16.8 Å². The summed E-state index contributed by atoms with van der Waals surface area (Å²) in [5.41, 5.74) is 4.02. The molecule has 2 rings (SSSR count). The van der Waals surface area contributed by atoms with Gasteiger partial charge in [-0.25, -0.2) is 0 Å². The second-order valence-corrected chi connectivity index (χ2v) is 9.25. The molecule has 0 spiro atoms. The minimum atomic E-state index is -0.688. The van der Waals surface area contributed by atoms with Crippen molar-refractivity contribution in [1.29, 1.82) is 0 Å². The Morgan fingerprint density at radius 1 is 1.27 bits per heavy atom. The van der Waals surface area contributed by atoms with Crippen molar-refractivity contribution in [2.24, 2.45) is 4.99 Å². The van der Waals surface area contributed by atoms with Crippen LogP contribution in [0.2, 0.25) is 0 Å². The molecule has 0 aliphatic heterocycles. The van der Waals surface area contributed by atoms with Gasteiger partial charge in [0.2, 0.25) is 0 Å². The summed E-state index contributed by atoms with van der Waals surface area (Å²) >= 11 is 0. The molecular weight excluding hydrogens is 342 g/mol. The van der Waals surface area contributed by atoms with E-state index in [9.17, 15) is 4.21 Å². The van der Waals surface area contributed by atoms with Gasteiger partial charge in [-0.2, -0.15) is 0 Å². The van der Waals surface area contributed by atoms with E-state index in [0.29, 0.717) is 11.3 Å².